The SMILES string of the molecule is c1cc(-c2ccncc2)c(-c2ccncc2)c(-c2c(-n3c4ccc(-n5c6ccccc6c6ccccc65)cc4c4cc(-n5c6ccccc6c6ccccc65)ccc43)cncc2-n2c3ccc(-n4c5ccccc5c5ccccc54)cc3c3cc(-n4c5ccccc5c5ccccc54)ccc32)c1. The van der Waals surface area contributed by atoms with Gasteiger partial charge in [-0.05, 0) is 173 Å². The molecule has 0 spiro atoms. The van der Waals surface area contributed by atoms with E-state index in [2.05, 4.69) is 359 Å². The van der Waals surface area contributed by atoms with Gasteiger partial charge in [0, 0.05) is 118 Å². The molecule has 0 N–H and O–H groups in total. The van der Waals surface area contributed by atoms with E-state index in [1.54, 1.807) is 0 Å². The largest absolute Gasteiger partial charge is 0.309 e. The summed E-state index contributed by atoms with van der Waals surface area (Å²) in [6, 6.07) is 114. The molecular weight excluding hydrogens is 1240 g/mol. The number of aromatic nitrogens is 9. The van der Waals surface area contributed by atoms with Crippen LogP contribution in [-0.2, 0) is 0 Å². The van der Waals surface area contributed by atoms with Gasteiger partial charge in [0.2, 0.25) is 0 Å². The molecule has 0 atom stereocenters. The van der Waals surface area contributed by atoms with E-state index in [0.29, 0.717) is 0 Å². The zero-order chi connectivity index (χ0) is 66.7. The monoisotopic (exact) mass is 1300 g/mol. The maximum atomic E-state index is 5.52. The zero-order valence-electron chi connectivity index (χ0n) is 54.9. The van der Waals surface area contributed by atoms with Crippen molar-refractivity contribution in [3.05, 3.63) is 347 Å². The Balaban J connectivity index is 0.878. The number of pyridine rings is 3. The van der Waals surface area contributed by atoms with Crippen LogP contribution in [0.25, 0.3) is 198 Å². The van der Waals surface area contributed by atoms with Crippen molar-refractivity contribution in [3.8, 4) is 67.5 Å². The van der Waals surface area contributed by atoms with Crippen LogP contribution >= 0.6 is 0 Å². The fourth-order valence-electron chi connectivity index (χ4n) is 17.3. The normalized spacial score (nSPS) is 12.1. The third kappa shape index (κ3) is 8.06. The Labute approximate surface area is 583 Å². The Bertz CT molecular complexity index is 6340. The molecule has 0 radical (unpaired) electrons. The van der Waals surface area contributed by atoms with Crippen molar-refractivity contribution < 1.29 is 0 Å². The lowest BCUT2D eigenvalue weighted by Crippen LogP contribution is -2.06. The van der Waals surface area contributed by atoms with Crippen molar-refractivity contribution >= 4 is 131 Å². The molecule has 0 bridgehead atoms. The first-order chi connectivity index (χ1) is 50.7. The summed E-state index contributed by atoms with van der Waals surface area (Å²) in [6.07, 6.45) is 11.8. The number of nitrogens with zero attached hydrogens (tertiary/aromatic N) is 9. The highest BCUT2D eigenvalue weighted by Gasteiger charge is 2.28. The van der Waals surface area contributed by atoms with Crippen molar-refractivity contribution in [2.75, 3.05) is 0 Å². The van der Waals surface area contributed by atoms with E-state index in [1.165, 1.54) is 43.1 Å². The van der Waals surface area contributed by atoms with Gasteiger partial charge in [0.25, 0.3) is 0 Å². The summed E-state index contributed by atoms with van der Waals surface area (Å²) in [5, 5.41) is 14.1. The molecule has 0 fully saturated rings. The van der Waals surface area contributed by atoms with Gasteiger partial charge in [-0.3, -0.25) is 15.0 Å². The molecule has 22 aromatic rings. The average Bonchev–Trinajstić information content (AvgIpc) is 1.53. The van der Waals surface area contributed by atoms with Gasteiger partial charge in [0.15, 0.2) is 0 Å². The van der Waals surface area contributed by atoms with Gasteiger partial charge in [0.1, 0.15) is 0 Å². The first-order valence-corrected chi connectivity index (χ1v) is 34.7. The summed E-state index contributed by atoms with van der Waals surface area (Å²) in [5.41, 5.74) is 25.8. The van der Waals surface area contributed by atoms with E-state index in [-0.39, 0.29) is 0 Å². The van der Waals surface area contributed by atoms with Crippen molar-refractivity contribution in [1.82, 2.24) is 42.4 Å². The highest BCUT2D eigenvalue weighted by Crippen LogP contribution is 2.49. The molecule has 0 unspecified atom stereocenters. The molecule has 102 heavy (non-hydrogen) atoms. The summed E-state index contributed by atoms with van der Waals surface area (Å²) < 4.78 is 14.7. The predicted molar refractivity (Wildman–Crippen MR) is 422 cm³/mol. The molecule has 0 saturated heterocycles. The van der Waals surface area contributed by atoms with Gasteiger partial charge in [-0.1, -0.05) is 164 Å². The number of rotatable bonds is 9. The lowest BCUT2D eigenvalue weighted by atomic mass is 9.87. The second-order valence-corrected chi connectivity index (χ2v) is 26.7. The van der Waals surface area contributed by atoms with E-state index >= 15 is 0 Å². The molecule has 22 rings (SSSR count). The minimum absolute atomic E-state index is 0.919. The summed E-state index contributed by atoms with van der Waals surface area (Å²) in [5.74, 6) is 0. The van der Waals surface area contributed by atoms with E-state index in [9.17, 15) is 0 Å². The molecule has 474 valence electrons. The Morgan fingerprint density at radius 1 is 0.176 bits per heavy atom. The van der Waals surface area contributed by atoms with E-state index < -0.39 is 0 Å². The molecule has 9 nitrogen and oxygen atoms in total. The van der Waals surface area contributed by atoms with Gasteiger partial charge in [-0.25, -0.2) is 0 Å². The van der Waals surface area contributed by atoms with Crippen molar-refractivity contribution in [1.29, 1.82) is 0 Å². The summed E-state index contributed by atoms with van der Waals surface area (Å²) in [7, 11) is 0. The van der Waals surface area contributed by atoms with Crippen LogP contribution in [0.3, 0.4) is 0 Å². The second-order valence-electron chi connectivity index (χ2n) is 26.7. The maximum absolute atomic E-state index is 5.52. The summed E-state index contributed by atoms with van der Waals surface area (Å²) in [4.78, 5) is 14.7. The van der Waals surface area contributed by atoms with Crippen LogP contribution in [0.4, 0.5) is 0 Å². The highest BCUT2D eigenvalue weighted by atomic mass is 15.1. The minimum atomic E-state index is 0.919. The molecule has 9 aromatic heterocycles. The molecule has 0 amide bonds. The third-order valence-corrected chi connectivity index (χ3v) is 21.5. The van der Waals surface area contributed by atoms with Crippen LogP contribution in [0.15, 0.2) is 347 Å². The van der Waals surface area contributed by atoms with Gasteiger partial charge < -0.3 is 27.4 Å². The second kappa shape index (κ2) is 21.8. The first-order valence-electron chi connectivity index (χ1n) is 34.7. The molecule has 0 aliphatic rings. The predicted octanol–water partition coefficient (Wildman–Crippen LogP) is 23.5. The Morgan fingerprint density at radius 3 is 0.725 bits per heavy atom. The number of benzene rings is 13. The van der Waals surface area contributed by atoms with Crippen LogP contribution in [0.5, 0.6) is 0 Å². The number of para-hydroxylation sites is 8. The van der Waals surface area contributed by atoms with Crippen LogP contribution in [0.2, 0.25) is 0 Å². The van der Waals surface area contributed by atoms with Crippen LogP contribution in [0.1, 0.15) is 0 Å². The molecule has 9 heteroatoms. The van der Waals surface area contributed by atoms with Crippen molar-refractivity contribution in [3.63, 3.8) is 0 Å². The van der Waals surface area contributed by atoms with Crippen molar-refractivity contribution in [2.24, 2.45) is 0 Å². The van der Waals surface area contributed by atoms with Crippen molar-refractivity contribution in [2.45, 2.75) is 0 Å². The minimum Gasteiger partial charge on any atom is -0.309 e. The average molecular weight is 1300 g/mol. The fourth-order valence-corrected chi connectivity index (χ4v) is 17.3. The number of hydrogen-bond acceptors (Lipinski definition) is 3. The summed E-state index contributed by atoms with van der Waals surface area (Å²) >= 11 is 0. The first kappa shape index (κ1) is 56.2. The number of fused-ring (bicyclic) bond motifs is 18. The van der Waals surface area contributed by atoms with Gasteiger partial charge >= 0.3 is 0 Å². The van der Waals surface area contributed by atoms with E-state index in [0.717, 1.165) is 155 Å². The van der Waals surface area contributed by atoms with E-state index in [4.69, 9.17) is 4.98 Å². The lowest BCUT2D eigenvalue weighted by Gasteiger charge is -2.23. The van der Waals surface area contributed by atoms with Crippen LogP contribution < -0.4 is 0 Å². The van der Waals surface area contributed by atoms with E-state index in [1.807, 2.05) is 24.8 Å². The van der Waals surface area contributed by atoms with Gasteiger partial charge in [0.05, 0.1) is 90.0 Å². The molecule has 9 heterocycles. The molecule has 0 saturated carbocycles. The third-order valence-electron chi connectivity index (χ3n) is 21.5. The standard InChI is InChI=1S/C93H57N9/c1-9-28-78-65(18-1)66-19-2-10-29-79(66)97(78)60-36-40-86-74(52-60)75-53-61(98-80-30-11-3-20-67(80)68-21-4-12-31-81(68)98)37-41-87(75)101(86)90-56-96-57-91(93(90)73-27-17-26-64(58-44-48-94-49-45-58)92(73)59-46-50-95-51-47-59)102-88-42-38-62(99-82-32-13-5-22-69(82)70-23-6-14-33-83(70)99)54-76(88)77-55-63(39-43-89(77)102)100-84-34-15-7-24-71(84)72-25-8-16-35-85(72)100/h1-57H. The Kier molecular flexibility index (Phi) is 12.0. The topological polar surface area (TPSA) is 68.2 Å². The molecule has 0 aliphatic carbocycles. The Morgan fingerprint density at radius 2 is 0.431 bits per heavy atom. The van der Waals surface area contributed by atoms with Crippen LogP contribution in [-0.4, -0.2) is 42.4 Å². The number of hydrogen-bond donors (Lipinski definition) is 0. The summed E-state index contributed by atoms with van der Waals surface area (Å²) in [6.45, 7) is 0. The fraction of sp³-hybridized carbons (Fsp3) is 0. The van der Waals surface area contributed by atoms with Gasteiger partial charge in [-0.15, -0.1) is 0 Å². The zero-order valence-corrected chi connectivity index (χ0v) is 54.9. The van der Waals surface area contributed by atoms with Crippen LogP contribution in [0, 0.1) is 0 Å². The molecule has 0 aliphatic heterocycles. The quantitative estimate of drug-likeness (QED) is 0.145. The molecular formula is C93H57N9. The highest BCUT2D eigenvalue weighted by molar-refractivity contribution is 6.18. The lowest BCUT2D eigenvalue weighted by molar-refractivity contribution is 1.09. The smallest absolute Gasteiger partial charge is 0.0745 e. The molecule has 13 aromatic carbocycles. The van der Waals surface area contributed by atoms with Gasteiger partial charge in [-0.2, -0.15) is 0 Å². The Hall–Kier alpha value is -13.9. The maximum Gasteiger partial charge on any atom is 0.0745 e.